The highest BCUT2D eigenvalue weighted by Gasteiger charge is 2.13. The van der Waals surface area contributed by atoms with E-state index in [-0.39, 0.29) is 6.04 Å². The van der Waals surface area contributed by atoms with Gasteiger partial charge in [0.25, 0.3) is 0 Å². The summed E-state index contributed by atoms with van der Waals surface area (Å²) in [4.78, 5) is 4.60. The van der Waals surface area contributed by atoms with Crippen LogP contribution < -0.4 is 5.32 Å². The summed E-state index contributed by atoms with van der Waals surface area (Å²) in [6, 6.07) is 8.40. The van der Waals surface area contributed by atoms with Crippen LogP contribution >= 0.6 is 11.6 Å². The molecule has 0 fully saturated rings. The maximum absolute atomic E-state index is 6.01. The first kappa shape index (κ1) is 13.2. The summed E-state index contributed by atoms with van der Waals surface area (Å²) in [5.74, 6) is 2.11. The number of anilines is 1. The van der Waals surface area contributed by atoms with E-state index >= 15 is 0 Å². The topological polar surface area (TPSA) is 29.9 Å². The van der Waals surface area contributed by atoms with Gasteiger partial charge in [0.2, 0.25) is 5.95 Å². The van der Waals surface area contributed by atoms with Crippen LogP contribution in [0.25, 0.3) is 11.0 Å². The summed E-state index contributed by atoms with van der Waals surface area (Å²) in [7, 11) is 2.03. The van der Waals surface area contributed by atoms with E-state index in [2.05, 4.69) is 34.8 Å². The van der Waals surface area contributed by atoms with Crippen molar-refractivity contribution in [2.75, 3.05) is 11.2 Å². The first-order chi connectivity index (χ1) is 8.61. The molecule has 0 spiro atoms. The van der Waals surface area contributed by atoms with Gasteiger partial charge >= 0.3 is 0 Å². The average Bonchev–Trinajstić information content (AvgIpc) is 2.66. The van der Waals surface area contributed by atoms with Gasteiger partial charge in [0.15, 0.2) is 0 Å². The van der Waals surface area contributed by atoms with Crippen molar-refractivity contribution in [2.45, 2.75) is 26.3 Å². The Morgan fingerprint density at radius 3 is 2.67 bits per heavy atom. The predicted octanol–water partition coefficient (Wildman–Crippen LogP) is 3.64. The average molecular weight is 266 g/mol. The van der Waals surface area contributed by atoms with Crippen LogP contribution in [0, 0.1) is 5.92 Å². The summed E-state index contributed by atoms with van der Waals surface area (Å²) in [5, 5.41) is 3.44. The van der Waals surface area contributed by atoms with Crippen molar-refractivity contribution < 1.29 is 0 Å². The first-order valence-electron chi connectivity index (χ1n) is 6.35. The molecule has 2 aromatic rings. The molecule has 1 aromatic carbocycles. The van der Waals surface area contributed by atoms with Crippen molar-refractivity contribution in [3.05, 3.63) is 24.3 Å². The lowest BCUT2D eigenvalue weighted by molar-refractivity contribution is 0.539. The molecule has 0 bridgehead atoms. The predicted molar refractivity (Wildman–Crippen MR) is 78.3 cm³/mol. The van der Waals surface area contributed by atoms with Crippen molar-refractivity contribution in [3.8, 4) is 0 Å². The molecular formula is C14H20ClN3. The number of hydrogen-bond donors (Lipinski definition) is 1. The van der Waals surface area contributed by atoms with Gasteiger partial charge in [-0.25, -0.2) is 4.98 Å². The molecule has 1 aromatic heterocycles. The van der Waals surface area contributed by atoms with Crippen molar-refractivity contribution in [3.63, 3.8) is 0 Å². The Morgan fingerprint density at radius 2 is 2.06 bits per heavy atom. The number of fused-ring (bicyclic) bond motifs is 1. The largest absolute Gasteiger partial charge is 0.352 e. The molecule has 18 heavy (non-hydrogen) atoms. The van der Waals surface area contributed by atoms with Gasteiger partial charge in [-0.05, 0) is 24.5 Å². The summed E-state index contributed by atoms with van der Waals surface area (Å²) in [6.45, 7) is 4.41. The second-order valence-corrected chi connectivity index (χ2v) is 5.42. The highest BCUT2D eigenvalue weighted by molar-refractivity contribution is 6.18. The standard InChI is InChI=1S/C14H20ClN3/c1-10(2)8-11(9-15)16-14-17-12-6-4-5-7-13(12)18(14)3/h4-7,10-11H,8-9H2,1-3H3,(H,16,17). The smallest absolute Gasteiger partial charge is 0.203 e. The fourth-order valence-corrected chi connectivity index (χ4v) is 2.39. The fraction of sp³-hybridized carbons (Fsp3) is 0.500. The molecule has 2 rings (SSSR count). The van der Waals surface area contributed by atoms with Crippen LogP contribution in [0.2, 0.25) is 0 Å². The molecule has 1 N–H and O–H groups in total. The second-order valence-electron chi connectivity index (χ2n) is 5.11. The van der Waals surface area contributed by atoms with Crippen LogP contribution in [0.15, 0.2) is 24.3 Å². The molecule has 98 valence electrons. The second kappa shape index (κ2) is 5.61. The number of aryl methyl sites for hydroxylation is 1. The van der Waals surface area contributed by atoms with Gasteiger partial charge in [0.05, 0.1) is 11.0 Å². The van der Waals surface area contributed by atoms with Crippen molar-refractivity contribution in [2.24, 2.45) is 13.0 Å². The van der Waals surface area contributed by atoms with Gasteiger partial charge in [-0.1, -0.05) is 26.0 Å². The Balaban J connectivity index is 2.22. The molecule has 4 heteroatoms. The summed E-state index contributed by atoms with van der Waals surface area (Å²) in [6.07, 6.45) is 1.05. The Hall–Kier alpha value is -1.22. The summed E-state index contributed by atoms with van der Waals surface area (Å²) >= 11 is 6.01. The van der Waals surface area contributed by atoms with Gasteiger partial charge < -0.3 is 9.88 Å². The zero-order valence-electron chi connectivity index (χ0n) is 11.2. The third-order valence-electron chi connectivity index (χ3n) is 3.06. The van der Waals surface area contributed by atoms with Gasteiger partial charge in [-0.15, -0.1) is 11.6 Å². The Morgan fingerprint density at radius 1 is 1.33 bits per heavy atom. The molecule has 0 radical (unpaired) electrons. The maximum Gasteiger partial charge on any atom is 0.203 e. The van der Waals surface area contributed by atoms with Crippen molar-refractivity contribution in [1.29, 1.82) is 0 Å². The fourth-order valence-electron chi connectivity index (χ4n) is 2.19. The molecule has 1 heterocycles. The lowest BCUT2D eigenvalue weighted by atomic mass is 10.1. The van der Waals surface area contributed by atoms with Gasteiger partial charge in [0.1, 0.15) is 0 Å². The SMILES string of the molecule is CC(C)CC(CCl)Nc1nc2ccccc2n1C. The van der Waals surface area contributed by atoms with Gasteiger partial charge in [-0.2, -0.15) is 0 Å². The normalized spacial score (nSPS) is 13.2. The molecule has 1 atom stereocenters. The van der Waals surface area contributed by atoms with Crippen molar-refractivity contribution >= 4 is 28.6 Å². The Labute approximate surface area is 113 Å². The molecule has 3 nitrogen and oxygen atoms in total. The molecule has 0 amide bonds. The van der Waals surface area contributed by atoms with E-state index < -0.39 is 0 Å². The third kappa shape index (κ3) is 2.78. The van der Waals surface area contributed by atoms with Crippen LogP contribution in [0.3, 0.4) is 0 Å². The van der Waals surface area contributed by atoms with Crippen LogP contribution in [0.5, 0.6) is 0 Å². The number of para-hydroxylation sites is 2. The minimum Gasteiger partial charge on any atom is -0.352 e. The molecule has 1 unspecified atom stereocenters. The number of hydrogen-bond acceptors (Lipinski definition) is 2. The molecule has 0 aliphatic rings. The number of benzene rings is 1. The van der Waals surface area contributed by atoms with E-state index in [1.165, 1.54) is 0 Å². The van der Waals surface area contributed by atoms with Crippen LogP contribution in [0.4, 0.5) is 5.95 Å². The zero-order valence-corrected chi connectivity index (χ0v) is 11.9. The molecule has 0 saturated carbocycles. The van der Waals surface area contributed by atoms with Crippen molar-refractivity contribution in [1.82, 2.24) is 9.55 Å². The van der Waals surface area contributed by atoms with E-state index in [1.807, 2.05) is 25.2 Å². The van der Waals surface area contributed by atoms with Crippen LogP contribution in [-0.2, 0) is 7.05 Å². The van der Waals surface area contributed by atoms with Crippen LogP contribution in [0.1, 0.15) is 20.3 Å². The Kier molecular flexibility index (Phi) is 4.12. The monoisotopic (exact) mass is 265 g/mol. The number of aromatic nitrogens is 2. The number of rotatable bonds is 5. The molecule has 0 aliphatic heterocycles. The van der Waals surface area contributed by atoms with E-state index in [0.29, 0.717) is 11.8 Å². The number of nitrogens with one attached hydrogen (secondary N) is 1. The minimum atomic E-state index is 0.266. The summed E-state index contributed by atoms with van der Waals surface area (Å²) < 4.78 is 2.08. The van der Waals surface area contributed by atoms with E-state index in [4.69, 9.17) is 11.6 Å². The third-order valence-corrected chi connectivity index (χ3v) is 3.44. The lowest BCUT2D eigenvalue weighted by Gasteiger charge is -2.18. The molecule has 0 aliphatic carbocycles. The Bertz CT molecular complexity index is 519. The maximum atomic E-state index is 6.01. The zero-order chi connectivity index (χ0) is 13.1. The molecule has 0 saturated heterocycles. The summed E-state index contributed by atoms with van der Waals surface area (Å²) in [5.41, 5.74) is 2.15. The molecular weight excluding hydrogens is 246 g/mol. The number of alkyl halides is 1. The number of imidazole rings is 1. The first-order valence-corrected chi connectivity index (χ1v) is 6.89. The quantitative estimate of drug-likeness (QED) is 0.837. The lowest BCUT2D eigenvalue weighted by Crippen LogP contribution is -2.25. The van der Waals surface area contributed by atoms with E-state index in [0.717, 1.165) is 23.4 Å². The van der Waals surface area contributed by atoms with Gasteiger partial charge in [0, 0.05) is 19.0 Å². The highest BCUT2D eigenvalue weighted by Crippen LogP contribution is 2.19. The highest BCUT2D eigenvalue weighted by atomic mass is 35.5. The number of halogens is 1. The number of nitrogens with zero attached hydrogens (tertiary/aromatic N) is 2. The van der Waals surface area contributed by atoms with Gasteiger partial charge in [-0.3, -0.25) is 0 Å². The van der Waals surface area contributed by atoms with Crippen LogP contribution in [-0.4, -0.2) is 21.5 Å². The van der Waals surface area contributed by atoms with E-state index in [1.54, 1.807) is 0 Å². The van der Waals surface area contributed by atoms with E-state index in [9.17, 15) is 0 Å². The minimum absolute atomic E-state index is 0.266.